The second-order valence-corrected chi connectivity index (χ2v) is 6.19. The highest BCUT2D eigenvalue weighted by atomic mass is 16.7. The lowest BCUT2D eigenvalue weighted by Gasteiger charge is -2.38. The summed E-state index contributed by atoms with van der Waals surface area (Å²) < 4.78 is 12.1. The zero-order valence-electron chi connectivity index (χ0n) is 15.7. The van der Waals surface area contributed by atoms with Crippen LogP contribution in [0, 0.1) is 5.92 Å². The van der Waals surface area contributed by atoms with Crippen molar-refractivity contribution < 1.29 is 9.47 Å². The highest BCUT2D eigenvalue weighted by Crippen LogP contribution is 2.34. The van der Waals surface area contributed by atoms with E-state index in [4.69, 9.17) is 9.47 Å². The van der Waals surface area contributed by atoms with E-state index in [9.17, 15) is 0 Å². The zero-order chi connectivity index (χ0) is 16.7. The van der Waals surface area contributed by atoms with Crippen molar-refractivity contribution in [1.29, 1.82) is 0 Å². The van der Waals surface area contributed by atoms with E-state index in [2.05, 4.69) is 20.4 Å². The summed E-state index contributed by atoms with van der Waals surface area (Å²) in [7, 11) is 0. The SMILES string of the molecule is C=CC(OCC)(OCC)C(CCCC)CCCCCCCC. The first-order valence-corrected chi connectivity index (χ1v) is 9.62. The zero-order valence-corrected chi connectivity index (χ0v) is 15.7. The Bertz CT molecular complexity index is 244. The van der Waals surface area contributed by atoms with Crippen molar-refractivity contribution in [3.8, 4) is 0 Å². The average molecular weight is 313 g/mol. The first kappa shape index (κ1) is 21.7. The van der Waals surface area contributed by atoms with Gasteiger partial charge in [-0.25, -0.2) is 0 Å². The molecule has 0 amide bonds. The van der Waals surface area contributed by atoms with E-state index in [1.807, 2.05) is 19.9 Å². The maximum Gasteiger partial charge on any atom is 0.190 e. The molecule has 0 saturated heterocycles. The fourth-order valence-corrected chi connectivity index (χ4v) is 3.18. The summed E-state index contributed by atoms with van der Waals surface area (Å²) in [6.45, 7) is 14.0. The molecule has 0 radical (unpaired) electrons. The second-order valence-electron chi connectivity index (χ2n) is 6.19. The molecule has 0 N–H and O–H groups in total. The van der Waals surface area contributed by atoms with E-state index >= 15 is 0 Å². The van der Waals surface area contributed by atoms with Crippen molar-refractivity contribution in [3.05, 3.63) is 12.7 Å². The Morgan fingerprint density at radius 2 is 1.27 bits per heavy atom. The molecule has 0 aromatic rings. The van der Waals surface area contributed by atoms with E-state index in [0.29, 0.717) is 19.1 Å². The van der Waals surface area contributed by atoms with Crippen LogP contribution < -0.4 is 0 Å². The van der Waals surface area contributed by atoms with Crippen LogP contribution >= 0.6 is 0 Å². The lowest BCUT2D eigenvalue weighted by atomic mass is 9.87. The number of unbranched alkanes of at least 4 members (excludes halogenated alkanes) is 6. The Morgan fingerprint density at radius 1 is 0.773 bits per heavy atom. The number of hydrogen-bond donors (Lipinski definition) is 0. The maximum atomic E-state index is 6.03. The summed E-state index contributed by atoms with van der Waals surface area (Å²) in [6.07, 6.45) is 14.7. The van der Waals surface area contributed by atoms with Crippen LogP contribution in [-0.4, -0.2) is 19.0 Å². The monoisotopic (exact) mass is 312 g/mol. The molecule has 0 aliphatic carbocycles. The van der Waals surface area contributed by atoms with E-state index in [1.54, 1.807) is 0 Å². The summed E-state index contributed by atoms with van der Waals surface area (Å²) in [4.78, 5) is 0. The van der Waals surface area contributed by atoms with Gasteiger partial charge in [0.15, 0.2) is 5.79 Å². The molecule has 0 heterocycles. The summed E-state index contributed by atoms with van der Waals surface area (Å²) in [5.74, 6) is -0.154. The Labute approximate surface area is 139 Å². The molecule has 0 aromatic heterocycles. The van der Waals surface area contributed by atoms with Gasteiger partial charge >= 0.3 is 0 Å². The van der Waals surface area contributed by atoms with Gasteiger partial charge in [0.2, 0.25) is 0 Å². The van der Waals surface area contributed by atoms with E-state index in [-0.39, 0.29) is 0 Å². The molecule has 132 valence electrons. The molecule has 0 fully saturated rings. The number of ether oxygens (including phenoxy) is 2. The molecule has 1 atom stereocenters. The second kappa shape index (κ2) is 14.3. The molecule has 0 saturated carbocycles. The summed E-state index contributed by atoms with van der Waals surface area (Å²) in [6, 6.07) is 0. The molecule has 0 aromatic carbocycles. The van der Waals surface area contributed by atoms with Crippen molar-refractivity contribution in [2.24, 2.45) is 5.92 Å². The molecule has 0 rings (SSSR count). The highest BCUT2D eigenvalue weighted by molar-refractivity contribution is 4.95. The molecule has 2 nitrogen and oxygen atoms in total. The molecular weight excluding hydrogens is 272 g/mol. The average Bonchev–Trinajstić information content (AvgIpc) is 2.53. The predicted octanol–water partition coefficient (Wildman–Crippen LogP) is 6.50. The van der Waals surface area contributed by atoms with E-state index in [1.165, 1.54) is 57.8 Å². The molecule has 0 bridgehead atoms. The van der Waals surface area contributed by atoms with Crippen LogP contribution in [0.15, 0.2) is 12.7 Å². The van der Waals surface area contributed by atoms with Gasteiger partial charge in [-0.05, 0) is 32.8 Å². The smallest absolute Gasteiger partial charge is 0.190 e. The summed E-state index contributed by atoms with van der Waals surface area (Å²) in [5.41, 5.74) is 0. The van der Waals surface area contributed by atoms with Crippen LogP contribution in [0.25, 0.3) is 0 Å². The van der Waals surface area contributed by atoms with Crippen LogP contribution in [0.2, 0.25) is 0 Å². The molecule has 22 heavy (non-hydrogen) atoms. The first-order chi connectivity index (χ1) is 10.7. The minimum absolute atomic E-state index is 0.427. The van der Waals surface area contributed by atoms with Crippen molar-refractivity contribution in [2.75, 3.05) is 13.2 Å². The summed E-state index contributed by atoms with van der Waals surface area (Å²) >= 11 is 0. The van der Waals surface area contributed by atoms with Gasteiger partial charge in [0.25, 0.3) is 0 Å². The normalized spacial score (nSPS) is 13.3. The fourth-order valence-electron chi connectivity index (χ4n) is 3.18. The predicted molar refractivity (Wildman–Crippen MR) is 97.2 cm³/mol. The maximum absolute atomic E-state index is 6.03. The van der Waals surface area contributed by atoms with Crippen LogP contribution in [0.4, 0.5) is 0 Å². The standard InChI is InChI=1S/C20H40O2/c1-6-11-13-14-15-16-18-19(17-12-7-2)20(8-3,21-9-4)22-10-5/h8,19H,3,6-7,9-18H2,1-2,4-5H3. The van der Waals surface area contributed by atoms with Crippen LogP contribution in [-0.2, 0) is 9.47 Å². The Balaban J connectivity index is 4.57. The Morgan fingerprint density at radius 3 is 1.77 bits per heavy atom. The van der Waals surface area contributed by atoms with Crippen molar-refractivity contribution in [3.63, 3.8) is 0 Å². The first-order valence-electron chi connectivity index (χ1n) is 9.62. The molecule has 2 heteroatoms. The van der Waals surface area contributed by atoms with Gasteiger partial charge in [0.05, 0.1) is 0 Å². The Hall–Kier alpha value is -0.340. The van der Waals surface area contributed by atoms with Gasteiger partial charge in [-0.2, -0.15) is 0 Å². The quantitative estimate of drug-likeness (QED) is 0.184. The van der Waals surface area contributed by atoms with Crippen LogP contribution in [0.1, 0.15) is 91.9 Å². The minimum Gasteiger partial charge on any atom is -0.346 e. The third-order valence-corrected chi connectivity index (χ3v) is 4.41. The van der Waals surface area contributed by atoms with Crippen molar-refractivity contribution in [2.45, 2.75) is 97.7 Å². The third-order valence-electron chi connectivity index (χ3n) is 4.41. The molecule has 0 aliphatic heterocycles. The van der Waals surface area contributed by atoms with Gasteiger partial charge in [-0.15, -0.1) is 0 Å². The lowest BCUT2D eigenvalue weighted by Crippen LogP contribution is -2.42. The Kier molecular flexibility index (Phi) is 14.0. The summed E-state index contributed by atoms with van der Waals surface area (Å²) in [5, 5.41) is 0. The molecule has 0 aliphatic rings. The van der Waals surface area contributed by atoms with Gasteiger partial charge in [0, 0.05) is 19.1 Å². The number of hydrogen-bond acceptors (Lipinski definition) is 2. The van der Waals surface area contributed by atoms with Gasteiger partial charge in [-0.3, -0.25) is 0 Å². The van der Waals surface area contributed by atoms with E-state index in [0.717, 1.165) is 6.42 Å². The van der Waals surface area contributed by atoms with E-state index < -0.39 is 5.79 Å². The third kappa shape index (κ3) is 8.33. The van der Waals surface area contributed by atoms with Crippen LogP contribution in [0.5, 0.6) is 0 Å². The van der Waals surface area contributed by atoms with Crippen molar-refractivity contribution in [1.82, 2.24) is 0 Å². The largest absolute Gasteiger partial charge is 0.346 e. The minimum atomic E-state index is -0.581. The van der Waals surface area contributed by atoms with Crippen molar-refractivity contribution >= 4 is 0 Å². The van der Waals surface area contributed by atoms with Gasteiger partial charge < -0.3 is 9.47 Å². The fraction of sp³-hybridized carbons (Fsp3) is 0.900. The van der Waals surface area contributed by atoms with Crippen LogP contribution in [0.3, 0.4) is 0 Å². The highest BCUT2D eigenvalue weighted by Gasteiger charge is 2.36. The molecular formula is C20H40O2. The molecule has 1 unspecified atom stereocenters. The molecule has 0 spiro atoms. The topological polar surface area (TPSA) is 18.5 Å². The van der Waals surface area contributed by atoms with Gasteiger partial charge in [-0.1, -0.05) is 71.8 Å². The number of rotatable bonds is 16. The lowest BCUT2D eigenvalue weighted by molar-refractivity contribution is -0.233. The van der Waals surface area contributed by atoms with Gasteiger partial charge in [0.1, 0.15) is 0 Å².